The van der Waals surface area contributed by atoms with Gasteiger partial charge in [-0.15, -0.1) is 0 Å². The molecule has 4 nitrogen and oxygen atoms in total. The Kier molecular flexibility index (Phi) is 3.47. The molecule has 0 saturated heterocycles. The van der Waals surface area contributed by atoms with Gasteiger partial charge >= 0.3 is 0 Å². The maximum atomic E-state index is 11.1. The molecule has 0 aromatic heterocycles. The molecule has 0 amide bonds. The third kappa shape index (κ3) is 1.97. The molecule has 146 valence electrons. The Hall–Kier alpha value is -1.00. The Balaban J connectivity index is 1.38. The van der Waals surface area contributed by atoms with Gasteiger partial charge in [-0.1, -0.05) is 35.9 Å². The second-order valence-corrected chi connectivity index (χ2v) is 10.5. The van der Waals surface area contributed by atoms with Gasteiger partial charge in [0.2, 0.25) is 0 Å². The van der Waals surface area contributed by atoms with Crippen LogP contribution in [0.2, 0.25) is 0 Å². The van der Waals surface area contributed by atoms with Gasteiger partial charge in [0.1, 0.15) is 6.04 Å². The number of nitroso groups, excluding NO2 is 1. The Morgan fingerprint density at radius 1 is 1.22 bits per heavy atom. The fraction of sp³-hybridized carbons (Fsp3) is 0.826. The lowest BCUT2D eigenvalue weighted by Gasteiger charge is -2.58. The van der Waals surface area contributed by atoms with E-state index in [9.17, 15) is 10.0 Å². The predicted molar refractivity (Wildman–Crippen MR) is 103 cm³/mol. The molecule has 1 aliphatic heterocycles. The Labute approximate surface area is 161 Å². The summed E-state index contributed by atoms with van der Waals surface area (Å²) in [6.45, 7) is 3.52. The zero-order valence-electron chi connectivity index (χ0n) is 16.2. The average molecular weight is 370 g/mol. The maximum absolute atomic E-state index is 11.1. The van der Waals surface area contributed by atoms with Gasteiger partial charge < -0.3 is 9.84 Å². The van der Waals surface area contributed by atoms with Crippen LogP contribution in [0.15, 0.2) is 29.0 Å². The topological polar surface area (TPSA) is 58.9 Å². The maximum Gasteiger partial charge on any atom is 0.110 e. The first-order valence-electron chi connectivity index (χ1n) is 11.1. The third-order valence-electron chi connectivity index (χ3n) is 9.76. The van der Waals surface area contributed by atoms with Crippen LogP contribution in [0.5, 0.6) is 0 Å². The van der Waals surface area contributed by atoms with Crippen molar-refractivity contribution in [1.82, 2.24) is 0 Å². The van der Waals surface area contributed by atoms with Crippen LogP contribution < -0.4 is 0 Å². The Morgan fingerprint density at radius 2 is 2.11 bits per heavy atom. The van der Waals surface area contributed by atoms with Crippen molar-refractivity contribution in [3.63, 3.8) is 0 Å². The summed E-state index contributed by atoms with van der Waals surface area (Å²) in [6.07, 6.45) is 13.7. The molecule has 4 heteroatoms. The monoisotopic (exact) mass is 369 g/mol. The first-order chi connectivity index (χ1) is 13.1. The lowest BCUT2D eigenvalue weighted by Crippen LogP contribution is -2.55. The predicted octanol–water partition coefficient (Wildman–Crippen LogP) is 4.09. The van der Waals surface area contributed by atoms with E-state index in [0.29, 0.717) is 11.8 Å². The number of aliphatic hydroxyl groups excluding tert-OH is 1. The smallest absolute Gasteiger partial charge is 0.110 e. The Morgan fingerprint density at radius 3 is 2.85 bits per heavy atom. The molecule has 0 aromatic rings. The number of rotatable bonds is 2. The molecule has 4 saturated carbocycles. The molecule has 6 rings (SSSR count). The number of fused-ring (bicyclic) bond motifs is 9. The summed E-state index contributed by atoms with van der Waals surface area (Å²) in [6, 6.07) is -0.171. The molecule has 1 N–H and O–H groups in total. The summed E-state index contributed by atoms with van der Waals surface area (Å²) < 4.78 is 6.48. The number of ether oxygens (including phenoxy) is 1. The van der Waals surface area contributed by atoms with Gasteiger partial charge in [-0.2, -0.15) is 4.91 Å². The molecule has 0 radical (unpaired) electrons. The van der Waals surface area contributed by atoms with Crippen LogP contribution in [-0.2, 0) is 4.74 Å². The van der Waals surface area contributed by atoms with Crippen molar-refractivity contribution < 1.29 is 9.84 Å². The standard InChI is InChI=1S/C23H31NO3/c1-22-7-5-16-15-4-3-14(24-26)10-17(15)13(12-25)9-18(16)21(22)19-11-20(19)23(22)6-2-8-27-23/h2,6,10,13-16,18-21,25H,3-5,7-9,11-12H2,1H3/t13?,14?,15-,16?,18?,19?,20?,21?,22+,23+/m1/s1. The summed E-state index contributed by atoms with van der Waals surface area (Å²) in [5, 5.41) is 13.5. The van der Waals surface area contributed by atoms with Crippen LogP contribution in [0, 0.1) is 51.7 Å². The molecule has 1 spiro atoms. The quantitative estimate of drug-likeness (QED) is 0.589. The van der Waals surface area contributed by atoms with Crippen molar-refractivity contribution in [1.29, 1.82) is 0 Å². The zero-order chi connectivity index (χ0) is 18.4. The SMILES string of the molecule is C[C@]12CCC3C(CC(CO)C4=CC(N=O)CC[C@@H]43)C1C1CC1[C@@]21C=CCO1. The molecule has 1 heterocycles. The van der Waals surface area contributed by atoms with E-state index in [2.05, 4.69) is 30.3 Å². The van der Waals surface area contributed by atoms with Gasteiger partial charge in [0, 0.05) is 17.9 Å². The minimum atomic E-state index is -0.171. The normalized spacial score (nSPS) is 57.5. The van der Waals surface area contributed by atoms with Gasteiger partial charge in [0.15, 0.2) is 0 Å². The molecule has 4 fully saturated rings. The highest BCUT2D eigenvalue weighted by molar-refractivity contribution is 5.34. The average Bonchev–Trinajstić information content (AvgIpc) is 3.25. The molecule has 10 atom stereocenters. The van der Waals surface area contributed by atoms with Crippen LogP contribution in [0.25, 0.3) is 0 Å². The van der Waals surface area contributed by atoms with Crippen LogP contribution in [0.1, 0.15) is 45.4 Å². The van der Waals surface area contributed by atoms with Gasteiger partial charge in [-0.25, -0.2) is 0 Å². The lowest BCUT2D eigenvalue weighted by molar-refractivity contribution is -0.135. The van der Waals surface area contributed by atoms with E-state index in [4.69, 9.17) is 4.74 Å². The van der Waals surface area contributed by atoms with E-state index in [0.717, 1.165) is 49.5 Å². The second-order valence-electron chi connectivity index (χ2n) is 10.5. The van der Waals surface area contributed by atoms with Gasteiger partial charge in [-0.05, 0) is 74.0 Å². The number of hydrogen-bond donors (Lipinski definition) is 1. The first kappa shape index (κ1) is 16.9. The highest BCUT2D eigenvalue weighted by atomic mass is 16.5. The molecule has 0 bridgehead atoms. The van der Waals surface area contributed by atoms with Crippen molar-refractivity contribution in [2.75, 3.05) is 13.2 Å². The van der Waals surface area contributed by atoms with Crippen molar-refractivity contribution in [2.45, 2.75) is 57.1 Å². The highest BCUT2D eigenvalue weighted by Crippen LogP contribution is 2.77. The molecule has 5 aliphatic carbocycles. The van der Waals surface area contributed by atoms with Gasteiger partial charge in [-0.3, -0.25) is 0 Å². The van der Waals surface area contributed by atoms with Crippen molar-refractivity contribution >= 4 is 0 Å². The molecule has 0 aromatic carbocycles. The largest absolute Gasteiger partial charge is 0.396 e. The Bertz CT molecular complexity index is 731. The van der Waals surface area contributed by atoms with Crippen LogP contribution in [-0.4, -0.2) is 30.0 Å². The van der Waals surface area contributed by atoms with E-state index in [1.807, 2.05) is 0 Å². The number of nitrogens with zero attached hydrogens (tertiary/aromatic N) is 1. The molecular weight excluding hydrogens is 338 g/mol. The highest BCUT2D eigenvalue weighted by Gasteiger charge is 2.76. The fourth-order valence-electron chi connectivity index (χ4n) is 8.80. The van der Waals surface area contributed by atoms with Crippen LogP contribution in [0.4, 0.5) is 0 Å². The summed E-state index contributed by atoms with van der Waals surface area (Å²) in [5.74, 6) is 4.52. The lowest BCUT2D eigenvalue weighted by atomic mass is 9.48. The minimum Gasteiger partial charge on any atom is -0.396 e. The van der Waals surface area contributed by atoms with E-state index in [-0.39, 0.29) is 29.6 Å². The summed E-state index contributed by atoms with van der Waals surface area (Å²) in [5.41, 5.74) is 1.63. The van der Waals surface area contributed by atoms with E-state index >= 15 is 0 Å². The zero-order valence-corrected chi connectivity index (χ0v) is 16.2. The van der Waals surface area contributed by atoms with Crippen molar-refractivity contribution in [3.8, 4) is 0 Å². The number of aliphatic hydroxyl groups is 1. The second kappa shape index (κ2) is 5.54. The van der Waals surface area contributed by atoms with Gasteiger partial charge in [0.05, 0.1) is 12.2 Å². The molecule has 7 unspecified atom stereocenters. The van der Waals surface area contributed by atoms with Crippen molar-refractivity contribution in [3.05, 3.63) is 28.7 Å². The third-order valence-corrected chi connectivity index (χ3v) is 9.76. The first-order valence-corrected chi connectivity index (χ1v) is 11.1. The van der Waals surface area contributed by atoms with Gasteiger partial charge in [0.25, 0.3) is 0 Å². The number of hydrogen-bond acceptors (Lipinski definition) is 4. The summed E-state index contributed by atoms with van der Waals surface area (Å²) in [7, 11) is 0. The minimum absolute atomic E-state index is 0.00275. The molecular formula is C23H31NO3. The molecule has 6 aliphatic rings. The van der Waals surface area contributed by atoms with E-state index in [1.54, 1.807) is 0 Å². The van der Waals surface area contributed by atoms with Crippen LogP contribution in [0.3, 0.4) is 0 Å². The van der Waals surface area contributed by atoms with Crippen molar-refractivity contribution in [2.24, 2.45) is 52.0 Å². The summed E-state index contributed by atoms with van der Waals surface area (Å²) >= 11 is 0. The van der Waals surface area contributed by atoms with E-state index in [1.165, 1.54) is 24.8 Å². The fourth-order valence-corrected chi connectivity index (χ4v) is 8.80. The summed E-state index contributed by atoms with van der Waals surface area (Å²) in [4.78, 5) is 11.1. The van der Waals surface area contributed by atoms with E-state index < -0.39 is 0 Å². The molecule has 27 heavy (non-hydrogen) atoms. The van der Waals surface area contributed by atoms with Crippen LogP contribution >= 0.6 is 0 Å².